The van der Waals surface area contributed by atoms with E-state index < -0.39 is 0 Å². The summed E-state index contributed by atoms with van der Waals surface area (Å²) >= 11 is 7.55. The molecule has 1 amide bonds. The molecular formula is C15H17ClN2OS. The third-order valence-electron chi connectivity index (χ3n) is 3.00. The average Bonchev–Trinajstić information content (AvgIpc) is 2.81. The quantitative estimate of drug-likeness (QED) is 0.909. The van der Waals surface area contributed by atoms with Gasteiger partial charge in [-0.2, -0.15) is 0 Å². The molecular weight excluding hydrogens is 292 g/mol. The van der Waals surface area contributed by atoms with Crippen molar-refractivity contribution >= 4 is 28.8 Å². The standard InChI is InChI=1S/C15H17ClN2OS/c1-3-14(11-5-4-6-12(16)7-11)18-15(19)8-13-9-20-10(2)17-13/h4-7,9,14H,3,8H2,1-2H3,(H,18,19). The molecule has 20 heavy (non-hydrogen) atoms. The Morgan fingerprint density at radius 3 is 2.90 bits per heavy atom. The van der Waals surface area contributed by atoms with Crippen LogP contribution in [0.5, 0.6) is 0 Å². The van der Waals surface area contributed by atoms with Crippen LogP contribution in [0, 0.1) is 6.92 Å². The maximum Gasteiger partial charge on any atom is 0.226 e. The van der Waals surface area contributed by atoms with Crippen molar-refractivity contribution in [1.82, 2.24) is 10.3 Å². The van der Waals surface area contributed by atoms with E-state index in [-0.39, 0.29) is 11.9 Å². The second kappa shape index (κ2) is 6.86. The van der Waals surface area contributed by atoms with E-state index in [9.17, 15) is 4.79 Å². The minimum Gasteiger partial charge on any atom is -0.349 e. The minimum atomic E-state index is -0.0130. The van der Waals surface area contributed by atoms with Gasteiger partial charge in [0.15, 0.2) is 0 Å². The molecule has 1 atom stereocenters. The zero-order valence-corrected chi connectivity index (χ0v) is 13.1. The molecule has 1 aromatic heterocycles. The minimum absolute atomic E-state index is 0.0119. The Bertz CT molecular complexity index is 597. The number of amides is 1. The van der Waals surface area contributed by atoms with E-state index in [4.69, 9.17) is 11.6 Å². The number of hydrogen-bond acceptors (Lipinski definition) is 3. The van der Waals surface area contributed by atoms with E-state index in [1.807, 2.05) is 43.5 Å². The summed E-state index contributed by atoms with van der Waals surface area (Å²) in [6.45, 7) is 3.98. The third-order valence-corrected chi connectivity index (χ3v) is 4.06. The third kappa shape index (κ3) is 4.05. The summed E-state index contributed by atoms with van der Waals surface area (Å²) in [7, 11) is 0. The van der Waals surface area contributed by atoms with E-state index >= 15 is 0 Å². The lowest BCUT2D eigenvalue weighted by atomic mass is 10.0. The van der Waals surface area contributed by atoms with Gasteiger partial charge in [-0.25, -0.2) is 4.98 Å². The summed E-state index contributed by atoms with van der Waals surface area (Å²) in [5, 5.41) is 6.63. The molecule has 106 valence electrons. The highest BCUT2D eigenvalue weighted by atomic mass is 35.5. The lowest BCUT2D eigenvalue weighted by molar-refractivity contribution is -0.121. The first-order chi connectivity index (χ1) is 9.58. The first kappa shape index (κ1) is 15.0. The SMILES string of the molecule is CCC(NC(=O)Cc1csc(C)n1)c1cccc(Cl)c1. The van der Waals surface area contributed by atoms with Crippen LogP contribution in [0.3, 0.4) is 0 Å². The summed E-state index contributed by atoms with van der Waals surface area (Å²) in [5.74, 6) is -0.0119. The monoisotopic (exact) mass is 308 g/mol. The average molecular weight is 309 g/mol. The van der Waals surface area contributed by atoms with Crippen LogP contribution in [0.1, 0.15) is 35.7 Å². The predicted octanol–water partition coefficient (Wildman–Crippen LogP) is 3.91. The van der Waals surface area contributed by atoms with Crippen molar-refractivity contribution in [2.75, 3.05) is 0 Å². The van der Waals surface area contributed by atoms with Gasteiger partial charge in [0.1, 0.15) is 0 Å². The van der Waals surface area contributed by atoms with Gasteiger partial charge in [-0.15, -0.1) is 11.3 Å². The fourth-order valence-electron chi connectivity index (χ4n) is 2.04. The highest BCUT2D eigenvalue weighted by molar-refractivity contribution is 7.09. The molecule has 2 rings (SSSR count). The fourth-order valence-corrected chi connectivity index (χ4v) is 2.86. The van der Waals surface area contributed by atoms with Crippen molar-refractivity contribution in [1.29, 1.82) is 0 Å². The normalized spacial score (nSPS) is 12.2. The number of benzene rings is 1. The van der Waals surface area contributed by atoms with E-state index in [1.54, 1.807) is 11.3 Å². The summed E-state index contributed by atoms with van der Waals surface area (Å²) in [6.07, 6.45) is 1.14. The molecule has 0 spiro atoms. The molecule has 0 aliphatic carbocycles. The zero-order valence-electron chi connectivity index (χ0n) is 11.5. The van der Waals surface area contributed by atoms with Crippen LogP contribution in [0.15, 0.2) is 29.6 Å². The van der Waals surface area contributed by atoms with Gasteiger partial charge in [0.2, 0.25) is 5.91 Å². The highest BCUT2D eigenvalue weighted by Gasteiger charge is 2.14. The Balaban J connectivity index is 2.01. The lowest BCUT2D eigenvalue weighted by Gasteiger charge is -2.17. The second-order valence-electron chi connectivity index (χ2n) is 4.62. The summed E-state index contributed by atoms with van der Waals surface area (Å²) in [4.78, 5) is 16.4. The summed E-state index contributed by atoms with van der Waals surface area (Å²) in [6, 6.07) is 7.59. The van der Waals surface area contributed by atoms with Crippen LogP contribution >= 0.6 is 22.9 Å². The van der Waals surface area contributed by atoms with Gasteiger partial charge < -0.3 is 5.32 Å². The molecule has 1 N–H and O–H groups in total. The van der Waals surface area contributed by atoms with Crippen molar-refractivity contribution in [3.8, 4) is 0 Å². The Morgan fingerprint density at radius 2 is 2.30 bits per heavy atom. The van der Waals surface area contributed by atoms with Crippen LogP contribution in [0.4, 0.5) is 0 Å². The topological polar surface area (TPSA) is 42.0 Å². The fraction of sp³-hybridized carbons (Fsp3) is 0.333. The maximum absolute atomic E-state index is 12.1. The van der Waals surface area contributed by atoms with Crippen molar-refractivity contribution in [3.05, 3.63) is 50.9 Å². The lowest BCUT2D eigenvalue weighted by Crippen LogP contribution is -2.29. The Kier molecular flexibility index (Phi) is 5.15. The van der Waals surface area contributed by atoms with Crippen LogP contribution in [0.2, 0.25) is 5.02 Å². The summed E-state index contributed by atoms with van der Waals surface area (Å²) in [5.41, 5.74) is 1.86. The molecule has 1 unspecified atom stereocenters. The first-order valence-electron chi connectivity index (χ1n) is 6.54. The Morgan fingerprint density at radius 1 is 1.50 bits per heavy atom. The van der Waals surface area contributed by atoms with Gasteiger partial charge in [0.05, 0.1) is 23.2 Å². The van der Waals surface area contributed by atoms with Crippen molar-refractivity contribution in [2.24, 2.45) is 0 Å². The number of nitrogens with one attached hydrogen (secondary N) is 1. The molecule has 0 aliphatic heterocycles. The smallest absolute Gasteiger partial charge is 0.226 e. The van der Waals surface area contributed by atoms with Crippen LogP contribution in [-0.2, 0) is 11.2 Å². The molecule has 0 saturated carbocycles. The number of aryl methyl sites for hydroxylation is 1. The van der Waals surface area contributed by atoms with Gasteiger partial charge >= 0.3 is 0 Å². The maximum atomic E-state index is 12.1. The molecule has 2 aromatic rings. The molecule has 0 saturated heterocycles. The largest absolute Gasteiger partial charge is 0.349 e. The Hall–Kier alpha value is -1.39. The van der Waals surface area contributed by atoms with Crippen LogP contribution in [0.25, 0.3) is 0 Å². The number of aromatic nitrogens is 1. The number of carbonyl (C=O) groups excluding carboxylic acids is 1. The first-order valence-corrected chi connectivity index (χ1v) is 7.80. The van der Waals surface area contributed by atoms with Gasteiger partial charge in [-0.05, 0) is 31.0 Å². The van der Waals surface area contributed by atoms with E-state index in [2.05, 4.69) is 10.3 Å². The molecule has 0 aliphatic rings. The predicted molar refractivity (Wildman–Crippen MR) is 83.2 cm³/mol. The number of carbonyl (C=O) groups is 1. The number of thiazole rings is 1. The zero-order chi connectivity index (χ0) is 14.5. The molecule has 0 radical (unpaired) electrons. The Labute approximate surface area is 128 Å². The molecule has 1 aromatic carbocycles. The van der Waals surface area contributed by atoms with Crippen LogP contribution < -0.4 is 5.32 Å². The number of rotatable bonds is 5. The van der Waals surface area contributed by atoms with Crippen LogP contribution in [-0.4, -0.2) is 10.9 Å². The van der Waals surface area contributed by atoms with E-state index in [0.29, 0.717) is 11.4 Å². The van der Waals surface area contributed by atoms with Crippen molar-refractivity contribution < 1.29 is 4.79 Å². The van der Waals surface area contributed by atoms with Gasteiger partial charge in [-0.1, -0.05) is 30.7 Å². The number of nitrogens with zero attached hydrogens (tertiary/aromatic N) is 1. The second-order valence-corrected chi connectivity index (χ2v) is 6.12. The number of halogens is 1. The highest BCUT2D eigenvalue weighted by Crippen LogP contribution is 2.20. The molecule has 0 fully saturated rings. The van der Waals surface area contributed by atoms with E-state index in [1.165, 1.54) is 0 Å². The number of hydrogen-bond donors (Lipinski definition) is 1. The molecule has 0 bridgehead atoms. The summed E-state index contributed by atoms with van der Waals surface area (Å²) < 4.78 is 0. The van der Waals surface area contributed by atoms with Crippen molar-refractivity contribution in [3.63, 3.8) is 0 Å². The van der Waals surface area contributed by atoms with Gasteiger partial charge in [0, 0.05) is 10.4 Å². The van der Waals surface area contributed by atoms with Crippen molar-refractivity contribution in [2.45, 2.75) is 32.7 Å². The molecule has 5 heteroatoms. The molecule has 1 heterocycles. The molecule has 3 nitrogen and oxygen atoms in total. The van der Waals surface area contributed by atoms with E-state index in [0.717, 1.165) is 22.7 Å². The van der Waals surface area contributed by atoms with Gasteiger partial charge in [-0.3, -0.25) is 4.79 Å². The van der Waals surface area contributed by atoms with Gasteiger partial charge in [0.25, 0.3) is 0 Å².